The molecule has 0 aliphatic carbocycles. The molecule has 4 rings (SSSR count). The van der Waals surface area contributed by atoms with E-state index in [1.165, 1.54) is 24.3 Å². The molecule has 0 radical (unpaired) electrons. The molecule has 2 heterocycles. The van der Waals surface area contributed by atoms with Crippen molar-refractivity contribution in [2.45, 2.75) is 24.3 Å². The van der Waals surface area contributed by atoms with Crippen LogP contribution in [0.4, 0.5) is 36.4 Å². The molecular weight excluding hydrogens is 549 g/mol. The molecule has 0 saturated carbocycles. The minimum absolute atomic E-state index is 0.0347. The summed E-state index contributed by atoms with van der Waals surface area (Å²) >= 11 is 0. The number of benzene rings is 2. The van der Waals surface area contributed by atoms with Gasteiger partial charge in [0.1, 0.15) is 18.4 Å². The van der Waals surface area contributed by atoms with Crippen molar-refractivity contribution in [3.8, 4) is 11.9 Å². The van der Waals surface area contributed by atoms with Crippen molar-refractivity contribution in [3.63, 3.8) is 0 Å². The number of rotatable bonds is 6. The van der Waals surface area contributed by atoms with Crippen molar-refractivity contribution in [2.75, 3.05) is 18.5 Å². The average Bonchev–Trinajstić information content (AvgIpc) is 2.89. The Morgan fingerprint density at radius 2 is 1.77 bits per heavy atom. The molecule has 0 saturated heterocycles. The molecule has 1 aromatic heterocycles. The quantitative estimate of drug-likeness (QED) is 0.397. The highest BCUT2D eigenvalue weighted by Crippen LogP contribution is 2.44. The first-order chi connectivity index (χ1) is 18.8. The Balaban J connectivity index is 1.80. The fraction of sp³-hybridized carbons (Fsp3) is 0.231. The van der Waals surface area contributed by atoms with Gasteiger partial charge in [0.2, 0.25) is 11.8 Å². The number of hydrogen-bond acceptors (Lipinski definition) is 5. The van der Waals surface area contributed by atoms with E-state index in [0.29, 0.717) is 4.90 Å². The highest BCUT2D eigenvalue weighted by molar-refractivity contribution is 6.04. The van der Waals surface area contributed by atoms with Crippen molar-refractivity contribution in [2.24, 2.45) is 0 Å². The van der Waals surface area contributed by atoms with Crippen molar-refractivity contribution >= 4 is 17.5 Å². The van der Waals surface area contributed by atoms with Gasteiger partial charge in [0.05, 0.1) is 17.5 Å². The Hall–Kier alpha value is -4.67. The van der Waals surface area contributed by atoms with E-state index >= 15 is 0 Å². The second-order valence-corrected chi connectivity index (χ2v) is 8.69. The maximum absolute atomic E-state index is 13.8. The van der Waals surface area contributed by atoms with Gasteiger partial charge in [-0.2, -0.15) is 31.6 Å². The summed E-state index contributed by atoms with van der Waals surface area (Å²) in [7, 11) is 0. The van der Waals surface area contributed by atoms with Crippen molar-refractivity contribution in [3.05, 3.63) is 88.9 Å². The lowest BCUT2D eigenvalue weighted by molar-refractivity contribution is -0.154. The lowest BCUT2D eigenvalue weighted by Crippen LogP contribution is -2.49. The molecule has 0 fully saturated rings. The standard InChI is InChI=1S/C26H17F7N4O3/c27-19-7-6-16(9-15(19)10-34)36-23(38)21-17-3-1-2-4-18(17)24(39)37(12-25(28,29)30)22(21)14-5-8-20(35-11-14)40-13-26(31,32)33/h1-9,11,21-22H,12-13H2,(H,36,38)/t21-,22+/m0/s1. The number of carbonyl (C=O) groups excluding carboxylic acids is 2. The first kappa shape index (κ1) is 28.3. The van der Waals surface area contributed by atoms with Gasteiger partial charge in [-0.15, -0.1) is 0 Å². The lowest BCUT2D eigenvalue weighted by Gasteiger charge is -2.41. The first-order valence-electron chi connectivity index (χ1n) is 11.4. The van der Waals surface area contributed by atoms with E-state index in [1.54, 1.807) is 6.07 Å². The van der Waals surface area contributed by atoms with Gasteiger partial charge in [0, 0.05) is 23.5 Å². The zero-order valence-electron chi connectivity index (χ0n) is 20.1. The molecule has 40 heavy (non-hydrogen) atoms. The maximum Gasteiger partial charge on any atom is 0.422 e. The minimum Gasteiger partial charge on any atom is -0.468 e. The van der Waals surface area contributed by atoms with E-state index in [2.05, 4.69) is 15.0 Å². The number of nitriles is 1. The van der Waals surface area contributed by atoms with Crippen LogP contribution in [0.2, 0.25) is 0 Å². The summed E-state index contributed by atoms with van der Waals surface area (Å²) in [6.45, 7) is -3.42. The molecular formula is C26H17F7N4O3. The van der Waals surface area contributed by atoms with Crippen LogP contribution in [0, 0.1) is 17.1 Å². The fourth-order valence-corrected chi connectivity index (χ4v) is 4.33. The second-order valence-electron chi connectivity index (χ2n) is 8.69. The largest absolute Gasteiger partial charge is 0.468 e. The number of halogens is 7. The van der Waals surface area contributed by atoms with Gasteiger partial charge in [0.25, 0.3) is 5.91 Å². The van der Waals surface area contributed by atoms with Gasteiger partial charge in [-0.3, -0.25) is 9.59 Å². The SMILES string of the molecule is N#Cc1cc(NC(=O)[C@H]2c3ccccc3C(=O)N(CC(F)(F)F)[C@@H]2c2ccc(OCC(F)(F)F)nc2)ccc1F. The summed E-state index contributed by atoms with van der Waals surface area (Å²) in [5.74, 6) is -4.75. The number of aromatic nitrogens is 1. The topological polar surface area (TPSA) is 95.3 Å². The molecule has 1 aliphatic rings. The monoisotopic (exact) mass is 566 g/mol. The van der Waals surface area contributed by atoms with E-state index < -0.39 is 66.5 Å². The number of fused-ring (bicyclic) bond motifs is 1. The van der Waals surface area contributed by atoms with Crippen LogP contribution in [0.15, 0.2) is 60.8 Å². The maximum atomic E-state index is 13.8. The van der Waals surface area contributed by atoms with Crippen LogP contribution in [0.1, 0.15) is 39.0 Å². The third-order valence-corrected chi connectivity index (χ3v) is 5.91. The molecule has 1 aliphatic heterocycles. The average molecular weight is 566 g/mol. The van der Waals surface area contributed by atoms with Gasteiger partial charge in [-0.05, 0) is 35.4 Å². The van der Waals surface area contributed by atoms with Crippen LogP contribution in [-0.2, 0) is 4.79 Å². The summed E-state index contributed by atoms with van der Waals surface area (Å²) in [6.07, 6.45) is -8.63. The predicted molar refractivity (Wildman–Crippen MR) is 125 cm³/mol. The molecule has 0 spiro atoms. The Bertz CT molecular complexity index is 1470. The van der Waals surface area contributed by atoms with E-state index in [4.69, 9.17) is 5.26 Å². The molecule has 2 amide bonds. The lowest BCUT2D eigenvalue weighted by atomic mass is 9.79. The number of carbonyl (C=O) groups is 2. The number of nitrogens with zero attached hydrogens (tertiary/aromatic N) is 3. The third-order valence-electron chi connectivity index (χ3n) is 5.91. The molecule has 3 aromatic rings. The van der Waals surface area contributed by atoms with Crippen LogP contribution in [0.3, 0.4) is 0 Å². The molecule has 14 heteroatoms. The highest BCUT2D eigenvalue weighted by atomic mass is 19.4. The van der Waals surface area contributed by atoms with Gasteiger partial charge in [0.15, 0.2) is 6.61 Å². The highest BCUT2D eigenvalue weighted by Gasteiger charge is 2.48. The predicted octanol–water partition coefficient (Wildman–Crippen LogP) is 5.52. The number of amides is 2. The summed E-state index contributed by atoms with van der Waals surface area (Å²) < 4.78 is 96.8. The van der Waals surface area contributed by atoms with E-state index in [1.807, 2.05) is 0 Å². The molecule has 1 N–H and O–H groups in total. The van der Waals surface area contributed by atoms with Gasteiger partial charge in [-0.1, -0.05) is 24.3 Å². The third kappa shape index (κ3) is 6.31. The second kappa shape index (κ2) is 10.8. The number of ether oxygens (including phenoxy) is 1. The molecule has 2 atom stereocenters. The van der Waals surface area contributed by atoms with Gasteiger partial charge >= 0.3 is 12.4 Å². The Kier molecular flexibility index (Phi) is 7.68. The Morgan fingerprint density at radius 3 is 2.40 bits per heavy atom. The van der Waals surface area contributed by atoms with Crippen molar-refractivity contribution in [1.29, 1.82) is 5.26 Å². The summed E-state index contributed by atoms with van der Waals surface area (Å²) in [5, 5.41) is 11.5. The summed E-state index contributed by atoms with van der Waals surface area (Å²) in [6, 6.07) is 10.7. The zero-order chi connectivity index (χ0) is 29.2. The van der Waals surface area contributed by atoms with Crippen LogP contribution >= 0.6 is 0 Å². The van der Waals surface area contributed by atoms with Crippen molar-refractivity contribution < 1.29 is 45.1 Å². The normalized spacial score (nSPS) is 17.1. The van der Waals surface area contributed by atoms with Crippen LogP contribution < -0.4 is 10.1 Å². The Morgan fingerprint density at radius 1 is 1.05 bits per heavy atom. The van der Waals surface area contributed by atoms with Crippen LogP contribution in [0.5, 0.6) is 5.88 Å². The van der Waals surface area contributed by atoms with Gasteiger partial charge < -0.3 is 15.0 Å². The smallest absolute Gasteiger partial charge is 0.422 e. The number of pyridine rings is 1. The fourth-order valence-electron chi connectivity index (χ4n) is 4.33. The molecule has 208 valence electrons. The van der Waals surface area contributed by atoms with Crippen LogP contribution in [0.25, 0.3) is 0 Å². The van der Waals surface area contributed by atoms with E-state index in [-0.39, 0.29) is 22.4 Å². The van der Waals surface area contributed by atoms with Gasteiger partial charge in [-0.25, -0.2) is 9.37 Å². The number of hydrogen-bond donors (Lipinski definition) is 1. The van der Waals surface area contributed by atoms with Crippen molar-refractivity contribution in [1.82, 2.24) is 9.88 Å². The van der Waals surface area contributed by atoms with Crippen LogP contribution in [-0.4, -0.2) is 47.2 Å². The molecule has 0 bridgehead atoms. The van der Waals surface area contributed by atoms with E-state index in [9.17, 15) is 40.3 Å². The molecule has 0 unspecified atom stereocenters. The summed E-state index contributed by atoms with van der Waals surface area (Å²) in [5.41, 5.74) is -0.617. The number of alkyl halides is 6. The minimum atomic E-state index is -4.89. The number of nitrogens with one attached hydrogen (secondary N) is 1. The molecule has 2 aromatic carbocycles. The molecule has 7 nitrogen and oxygen atoms in total. The summed E-state index contributed by atoms with van der Waals surface area (Å²) in [4.78, 5) is 31.0. The number of anilines is 1. The Labute approximate surface area is 221 Å². The van der Waals surface area contributed by atoms with E-state index in [0.717, 1.165) is 36.5 Å². The first-order valence-corrected chi connectivity index (χ1v) is 11.4. The zero-order valence-corrected chi connectivity index (χ0v) is 20.1.